The second kappa shape index (κ2) is 11.4. The Labute approximate surface area is 223 Å². The maximum atomic E-state index is 13.8. The van der Waals surface area contributed by atoms with Crippen LogP contribution in [0.25, 0.3) is 0 Å². The molecular formula is C25H29ClFN5O4S. The molecule has 0 aliphatic rings. The highest BCUT2D eigenvalue weighted by Gasteiger charge is 2.33. The van der Waals surface area contributed by atoms with Crippen LogP contribution in [0.5, 0.6) is 0 Å². The van der Waals surface area contributed by atoms with Gasteiger partial charge in [-0.1, -0.05) is 29.8 Å². The van der Waals surface area contributed by atoms with Crippen LogP contribution in [0, 0.1) is 11.2 Å². The minimum atomic E-state index is -1.09. The molecule has 5 N–H and O–H groups in total. The second-order valence-corrected chi connectivity index (χ2v) is 10.9. The lowest BCUT2D eigenvalue weighted by molar-refractivity contribution is -0.155. The van der Waals surface area contributed by atoms with E-state index in [4.69, 9.17) is 22.1 Å². The Balaban J connectivity index is 1.75. The summed E-state index contributed by atoms with van der Waals surface area (Å²) in [7, 11) is 0. The lowest BCUT2D eigenvalue weighted by Gasteiger charge is -2.31. The number of aromatic amines is 1. The van der Waals surface area contributed by atoms with Crippen molar-refractivity contribution in [2.75, 3.05) is 17.7 Å². The number of anilines is 2. The lowest BCUT2D eigenvalue weighted by atomic mass is 9.93. The number of rotatable bonds is 8. The van der Waals surface area contributed by atoms with E-state index in [2.05, 4.69) is 15.0 Å². The molecule has 0 spiro atoms. The average Bonchev–Trinajstić information content (AvgIpc) is 3.24. The van der Waals surface area contributed by atoms with Crippen molar-refractivity contribution >= 4 is 46.1 Å². The molecule has 0 aliphatic heterocycles. The number of H-pyrrole nitrogens is 1. The molecule has 1 atom stereocenters. The fourth-order valence-electron chi connectivity index (χ4n) is 3.25. The summed E-state index contributed by atoms with van der Waals surface area (Å²) >= 11 is 6.70. The first kappa shape index (κ1) is 28.3. The highest BCUT2D eigenvalue weighted by atomic mass is 35.5. The Morgan fingerprint density at radius 3 is 2.57 bits per heavy atom. The van der Waals surface area contributed by atoms with E-state index < -0.39 is 28.0 Å². The topological polar surface area (TPSA) is 131 Å². The van der Waals surface area contributed by atoms with Crippen molar-refractivity contribution in [3.05, 3.63) is 81.2 Å². The van der Waals surface area contributed by atoms with Crippen molar-refractivity contribution < 1.29 is 18.7 Å². The third-order valence-electron chi connectivity index (χ3n) is 5.53. The van der Waals surface area contributed by atoms with Crippen molar-refractivity contribution in [3.8, 4) is 0 Å². The van der Waals surface area contributed by atoms with Gasteiger partial charge in [0, 0.05) is 24.3 Å². The molecule has 9 nitrogen and oxygen atoms in total. The summed E-state index contributed by atoms with van der Waals surface area (Å²) in [6.07, 6.45) is 3.12. The van der Waals surface area contributed by atoms with Crippen LogP contribution in [0.4, 0.5) is 20.6 Å². The number of para-hydroxylation sites is 1. The number of ether oxygens (including phenoxy) is 1. The number of aromatic nitrogens is 2. The van der Waals surface area contributed by atoms with Gasteiger partial charge in [0.15, 0.2) is 0 Å². The highest BCUT2D eigenvalue weighted by Crippen LogP contribution is 2.30. The van der Waals surface area contributed by atoms with E-state index in [1.807, 2.05) is 0 Å². The number of esters is 1. The standard InChI is InChI=1S/C25H29ClFN5O4S/c1-24(2,3)21(33)36-14-25(4,16-8-9-18(27)17(26)12-16)31-37-23(35)30-19-7-5-6-15(20(19)28)13-32-11-10-29-22(32)34/h5-12,31H,13-14,28H2,1-4H3,(H,29,34)(H,30,35). The molecule has 3 aromatic rings. The van der Waals surface area contributed by atoms with Crippen molar-refractivity contribution in [2.45, 2.75) is 39.8 Å². The smallest absolute Gasteiger partial charge is 0.325 e. The highest BCUT2D eigenvalue weighted by molar-refractivity contribution is 8.12. The summed E-state index contributed by atoms with van der Waals surface area (Å²) in [4.78, 5) is 39.6. The molecule has 1 amide bonds. The number of nitrogen functional groups attached to an aromatic ring is 1. The lowest BCUT2D eigenvalue weighted by Crippen LogP contribution is -2.42. The Kier molecular flexibility index (Phi) is 8.72. The van der Waals surface area contributed by atoms with Gasteiger partial charge < -0.3 is 20.8 Å². The van der Waals surface area contributed by atoms with Crippen molar-refractivity contribution in [3.63, 3.8) is 0 Å². The number of nitrogens with two attached hydrogens (primary N) is 1. The number of halogens is 2. The number of nitrogens with one attached hydrogen (secondary N) is 3. The number of carbonyl (C=O) groups excluding carboxylic acids is 2. The monoisotopic (exact) mass is 549 g/mol. The Bertz CT molecular complexity index is 1350. The molecule has 3 rings (SSSR count). The molecule has 0 radical (unpaired) electrons. The van der Waals surface area contributed by atoms with Gasteiger partial charge in [-0.3, -0.25) is 14.2 Å². The number of hydrogen-bond acceptors (Lipinski definition) is 7. The minimum absolute atomic E-state index is 0.103. The van der Waals surface area contributed by atoms with Crippen molar-refractivity contribution in [1.82, 2.24) is 14.3 Å². The number of hydrogen-bond donors (Lipinski definition) is 4. The molecule has 12 heteroatoms. The predicted molar refractivity (Wildman–Crippen MR) is 144 cm³/mol. The van der Waals surface area contributed by atoms with Crippen LogP contribution in [0.2, 0.25) is 5.02 Å². The fraction of sp³-hybridized carbons (Fsp3) is 0.320. The summed E-state index contributed by atoms with van der Waals surface area (Å²) < 4.78 is 23.8. The van der Waals surface area contributed by atoms with Gasteiger partial charge in [-0.05, 0) is 57.0 Å². The Morgan fingerprint density at radius 1 is 1.22 bits per heavy atom. The van der Waals surface area contributed by atoms with Crippen LogP contribution < -0.4 is 21.5 Å². The first-order chi connectivity index (χ1) is 17.3. The second-order valence-electron chi connectivity index (χ2n) is 9.68. The molecule has 0 saturated heterocycles. The van der Waals surface area contributed by atoms with Crippen LogP contribution in [0.15, 0.2) is 53.6 Å². The molecule has 0 fully saturated rings. The maximum Gasteiger partial charge on any atom is 0.325 e. The molecule has 0 aliphatic carbocycles. The van der Waals surface area contributed by atoms with E-state index in [9.17, 15) is 18.8 Å². The molecule has 2 aromatic carbocycles. The number of amides is 1. The summed E-state index contributed by atoms with van der Waals surface area (Å²) in [6.45, 7) is 6.96. The number of imidazole rings is 1. The molecule has 0 saturated carbocycles. The quantitative estimate of drug-likeness (QED) is 0.179. The van der Waals surface area contributed by atoms with Gasteiger partial charge in [-0.2, -0.15) is 0 Å². The van der Waals surface area contributed by atoms with Crippen LogP contribution in [-0.2, 0) is 21.6 Å². The Hall–Kier alpha value is -3.28. The number of nitrogens with zero attached hydrogens (tertiary/aromatic N) is 1. The summed E-state index contributed by atoms with van der Waals surface area (Å²) in [5.74, 6) is -1.03. The van der Waals surface area contributed by atoms with E-state index in [1.54, 1.807) is 52.1 Å². The van der Waals surface area contributed by atoms with Gasteiger partial charge >= 0.3 is 11.7 Å². The summed E-state index contributed by atoms with van der Waals surface area (Å²) in [6, 6.07) is 9.24. The first-order valence-electron chi connectivity index (χ1n) is 11.3. The van der Waals surface area contributed by atoms with Crippen LogP contribution in [0.3, 0.4) is 0 Å². The molecule has 37 heavy (non-hydrogen) atoms. The van der Waals surface area contributed by atoms with Crippen molar-refractivity contribution in [2.24, 2.45) is 5.41 Å². The van der Waals surface area contributed by atoms with Crippen LogP contribution in [0.1, 0.15) is 38.8 Å². The van der Waals surface area contributed by atoms with Gasteiger partial charge in [-0.15, -0.1) is 0 Å². The summed E-state index contributed by atoms with van der Waals surface area (Å²) in [5.41, 5.74) is 5.99. The first-order valence-corrected chi connectivity index (χ1v) is 12.5. The minimum Gasteiger partial charge on any atom is -0.463 e. The SMILES string of the molecule is CC(C)(C)C(=O)OCC(C)(NSC(=O)Nc1cccc(Cn2cc[nH]c2=O)c1N)c1ccc(F)c(Cl)c1. The number of benzene rings is 2. The predicted octanol–water partition coefficient (Wildman–Crippen LogP) is 4.87. The third-order valence-corrected chi connectivity index (χ3v) is 6.66. The van der Waals surface area contributed by atoms with E-state index in [0.717, 1.165) is 11.9 Å². The van der Waals surface area contributed by atoms with Gasteiger partial charge in [-0.25, -0.2) is 13.9 Å². The van der Waals surface area contributed by atoms with E-state index >= 15 is 0 Å². The molecule has 1 aromatic heterocycles. The molecule has 198 valence electrons. The van der Waals surface area contributed by atoms with Gasteiger partial charge in [0.1, 0.15) is 12.4 Å². The maximum absolute atomic E-state index is 13.8. The normalized spacial score (nSPS) is 13.1. The van der Waals surface area contributed by atoms with Gasteiger partial charge in [0.2, 0.25) is 0 Å². The van der Waals surface area contributed by atoms with Crippen molar-refractivity contribution in [1.29, 1.82) is 0 Å². The van der Waals surface area contributed by atoms with Gasteiger partial charge in [0.05, 0.1) is 33.9 Å². The molecule has 1 heterocycles. The zero-order valence-electron chi connectivity index (χ0n) is 20.9. The number of carbonyl (C=O) groups is 2. The zero-order valence-corrected chi connectivity index (χ0v) is 22.4. The molecule has 1 unspecified atom stereocenters. The van der Waals surface area contributed by atoms with Crippen LogP contribution >= 0.6 is 23.5 Å². The van der Waals surface area contributed by atoms with Crippen LogP contribution in [-0.4, -0.2) is 27.4 Å². The van der Waals surface area contributed by atoms with E-state index in [-0.39, 0.29) is 23.9 Å². The van der Waals surface area contributed by atoms with E-state index in [1.165, 1.54) is 29.0 Å². The average molecular weight is 550 g/mol. The van der Waals surface area contributed by atoms with Gasteiger partial charge in [0.25, 0.3) is 5.24 Å². The molecular weight excluding hydrogens is 521 g/mol. The molecule has 0 bridgehead atoms. The van der Waals surface area contributed by atoms with E-state index in [0.29, 0.717) is 22.5 Å². The fourth-order valence-corrected chi connectivity index (χ4v) is 4.09. The largest absolute Gasteiger partial charge is 0.463 e. The zero-order chi connectivity index (χ0) is 27.4. The Morgan fingerprint density at radius 2 is 1.95 bits per heavy atom. The third kappa shape index (κ3) is 7.15. The summed E-state index contributed by atoms with van der Waals surface area (Å²) in [5, 5.41) is 2.13.